The maximum Gasteiger partial charge on any atom is 0.0606 e. The summed E-state index contributed by atoms with van der Waals surface area (Å²) in [5.41, 5.74) is 0. The Morgan fingerprint density at radius 1 is 0.947 bits per heavy atom. The zero-order valence-electron chi connectivity index (χ0n) is 13.0. The van der Waals surface area contributed by atoms with Crippen LogP contribution in [0, 0.1) is 5.92 Å². The molecule has 0 radical (unpaired) electrons. The van der Waals surface area contributed by atoms with E-state index < -0.39 is 0 Å². The molecule has 0 aromatic heterocycles. The van der Waals surface area contributed by atoms with Gasteiger partial charge >= 0.3 is 0 Å². The Labute approximate surface area is 119 Å². The average molecular weight is 267 g/mol. The van der Waals surface area contributed by atoms with Crippen LogP contribution in [-0.4, -0.2) is 24.8 Å². The van der Waals surface area contributed by atoms with Gasteiger partial charge in [-0.15, -0.1) is 0 Å². The Hall–Kier alpha value is -0.0800. The molecule has 0 aromatic carbocycles. The molecule has 2 saturated carbocycles. The lowest BCUT2D eigenvalue weighted by Gasteiger charge is -2.36. The molecule has 19 heavy (non-hydrogen) atoms. The van der Waals surface area contributed by atoms with Crippen molar-refractivity contribution in [1.82, 2.24) is 5.32 Å². The average Bonchev–Trinajstić information content (AvgIpc) is 2.47. The molecule has 1 N–H and O–H groups in total. The Morgan fingerprint density at radius 3 is 2.37 bits per heavy atom. The third-order valence-corrected chi connectivity index (χ3v) is 5.09. The van der Waals surface area contributed by atoms with Crippen LogP contribution in [0.3, 0.4) is 0 Å². The highest BCUT2D eigenvalue weighted by Gasteiger charge is 2.29. The third-order valence-electron chi connectivity index (χ3n) is 5.09. The van der Waals surface area contributed by atoms with Gasteiger partial charge in [-0.3, -0.25) is 0 Å². The summed E-state index contributed by atoms with van der Waals surface area (Å²) in [6.07, 6.45) is 14.4. The largest absolute Gasteiger partial charge is 0.375 e. The zero-order valence-corrected chi connectivity index (χ0v) is 13.0. The van der Waals surface area contributed by atoms with Gasteiger partial charge in [0, 0.05) is 6.04 Å². The quantitative estimate of drug-likeness (QED) is 0.775. The van der Waals surface area contributed by atoms with E-state index in [1.165, 1.54) is 70.8 Å². The molecule has 2 fully saturated rings. The van der Waals surface area contributed by atoms with Gasteiger partial charge in [-0.25, -0.2) is 0 Å². The predicted molar refractivity (Wildman–Crippen MR) is 81.5 cm³/mol. The molecular formula is C17H33NO. The normalized spacial score (nSPS) is 36.3. The number of rotatable bonds is 6. The van der Waals surface area contributed by atoms with Gasteiger partial charge in [0.2, 0.25) is 0 Å². The highest BCUT2D eigenvalue weighted by Crippen LogP contribution is 2.32. The summed E-state index contributed by atoms with van der Waals surface area (Å²) in [6.45, 7) is 5.75. The fraction of sp³-hybridized carbons (Fsp3) is 1.00. The standard InChI is InChI=1S/C17H33NO/c1-3-13-18-15-9-11-16(12-10-15)19-17-8-6-5-7-14(17)4-2/h14-18H,3-13H2,1-2H3. The van der Waals surface area contributed by atoms with Gasteiger partial charge in [-0.05, 0) is 57.4 Å². The SMILES string of the molecule is CCCNC1CCC(OC2CCCCC2CC)CC1. The molecule has 2 nitrogen and oxygen atoms in total. The number of hydrogen-bond donors (Lipinski definition) is 1. The monoisotopic (exact) mass is 267 g/mol. The van der Waals surface area contributed by atoms with Crippen LogP contribution in [0.1, 0.15) is 78.1 Å². The molecule has 0 aromatic rings. The minimum Gasteiger partial charge on any atom is -0.375 e. The molecule has 0 saturated heterocycles. The Morgan fingerprint density at radius 2 is 1.68 bits per heavy atom. The molecule has 0 bridgehead atoms. The molecule has 0 spiro atoms. The van der Waals surface area contributed by atoms with E-state index in [1.54, 1.807) is 0 Å². The molecular weight excluding hydrogens is 234 g/mol. The van der Waals surface area contributed by atoms with Crippen molar-refractivity contribution < 1.29 is 4.74 Å². The highest BCUT2D eigenvalue weighted by molar-refractivity contribution is 4.81. The summed E-state index contributed by atoms with van der Waals surface area (Å²) in [5, 5.41) is 3.66. The Kier molecular flexibility index (Phi) is 6.66. The van der Waals surface area contributed by atoms with Crippen LogP contribution in [0.2, 0.25) is 0 Å². The summed E-state index contributed by atoms with van der Waals surface area (Å²) in [6, 6.07) is 0.758. The lowest BCUT2D eigenvalue weighted by Crippen LogP contribution is -2.38. The van der Waals surface area contributed by atoms with Crippen LogP contribution in [-0.2, 0) is 4.74 Å². The molecule has 2 aliphatic carbocycles. The molecule has 0 aliphatic heterocycles. The maximum atomic E-state index is 6.46. The predicted octanol–water partition coefficient (Wildman–Crippen LogP) is 4.28. The van der Waals surface area contributed by atoms with Crippen molar-refractivity contribution in [1.29, 1.82) is 0 Å². The lowest BCUT2D eigenvalue weighted by molar-refractivity contribution is -0.0753. The van der Waals surface area contributed by atoms with Crippen molar-refractivity contribution in [3.8, 4) is 0 Å². The van der Waals surface area contributed by atoms with Crippen molar-refractivity contribution in [3.05, 3.63) is 0 Å². The minimum absolute atomic E-state index is 0.553. The molecule has 0 heterocycles. The smallest absolute Gasteiger partial charge is 0.0606 e. The van der Waals surface area contributed by atoms with Gasteiger partial charge in [0.05, 0.1) is 12.2 Å². The Balaban J connectivity index is 1.69. The van der Waals surface area contributed by atoms with Crippen LogP contribution in [0.25, 0.3) is 0 Å². The highest BCUT2D eigenvalue weighted by atomic mass is 16.5. The lowest BCUT2D eigenvalue weighted by atomic mass is 9.84. The zero-order chi connectivity index (χ0) is 13.5. The summed E-state index contributed by atoms with van der Waals surface area (Å²) in [4.78, 5) is 0. The minimum atomic E-state index is 0.553. The van der Waals surface area contributed by atoms with Crippen LogP contribution in [0.5, 0.6) is 0 Å². The maximum absolute atomic E-state index is 6.46. The second-order valence-electron chi connectivity index (χ2n) is 6.56. The van der Waals surface area contributed by atoms with Crippen molar-refractivity contribution in [2.24, 2.45) is 5.92 Å². The van der Waals surface area contributed by atoms with Crippen molar-refractivity contribution in [2.45, 2.75) is 96.3 Å². The van der Waals surface area contributed by atoms with Gasteiger partial charge in [0.1, 0.15) is 0 Å². The molecule has 2 atom stereocenters. The number of nitrogens with one attached hydrogen (secondary N) is 1. The molecule has 112 valence electrons. The van der Waals surface area contributed by atoms with Gasteiger partial charge in [0.25, 0.3) is 0 Å². The van der Waals surface area contributed by atoms with Crippen LogP contribution < -0.4 is 5.32 Å². The summed E-state index contributed by atoms with van der Waals surface area (Å²) in [7, 11) is 0. The molecule has 2 unspecified atom stereocenters. The molecule has 0 amide bonds. The summed E-state index contributed by atoms with van der Waals surface area (Å²) < 4.78 is 6.46. The van der Waals surface area contributed by atoms with Crippen LogP contribution >= 0.6 is 0 Å². The molecule has 2 heteroatoms. The molecule has 2 aliphatic rings. The first-order valence-corrected chi connectivity index (χ1v) is 8.72. The first kappa shape index (κ1) is 15.3. The third kappa shape index (κ3) is 4.75. The number of hydrogen-bond acceptors (Lipinski definition) is 2. The van der Waals surface area contributed by atoms with E-state index in [1.807, 2.05) is 0 Å². The summed E-state index contributed by atoms with van der Waals surface area (Å²) in [5.74, 6) is 0.838. The summed E-state index contributed by atoms with van der Waals surface area (Å²) >= 11 is 0. The van der Waals surface area contributed by atoms with Crippen LogP contribution in [0.15, 0.2) is 0 Å². The van der Waals surface area contributed by atoms with E-state index in [0.29, 0.717) is 12.2 Å². The van der Waals surface area contributed by atoms with E-state index in [9.17, 15) is 0 Å². The first-order chi connectivity index (χ1) is 9.33. The van der Waals surface area contributed by atoms with Crippen LogP contribution in [0.4, 0.5) is 0 Å². The van der Waals surface area contributed by atoms with E-state index >= 15 is 0 Å². The van der Waals surface area contributed by atoms with Crippen molar-refractivity contribution in [2.75, 3.05) is 6.54 Å². The van der Waals surface area contributed by atoms with Gasteiger partial charge in [-0.2, -0.15) is 0 Å². The topological polar surface area (TPSA) is 21.3 Å². The van der Waals surface area contributed by atoms with Gasteiger partial charge in [-0.1, -0.05) is 33.1 Å². The van der Waals surface area contributed by atoms with E-state index in [0.717, 1.165) is 12.0 Å². The van der Waals surface area contributed by atoms with Crippen molar-refractivity contribution in [3.63, 3.8) is 0 Å². The van der Waals surface area contributed by atoms with E-state index in [4.69, 9.17) is 4.74 Å². The fourth-order valence-electron chi connectivity index (χ4n) is 3.82. The van der Waals surface area contributed by atoms with E-state index in [-0.39, 0.29) is 0 Å². The van der Waals surface area contributed by atoms with E-state index in [2.05, 4.69) is 19.2 Å². The second-order valence-corrected chi connectivity index (χ2v) is 6.56. The first-order valence-electron chi connectivity index (χ1n) is 8.72. The number of ether oxygens (including phenoxy) is 1. The second kappa shape index (κ2) is 8.26. The molecule has 2 rings (SSSR count). The van der Waals surface area contributed by atoms with Gasteiger partial charge < -0.3 is 10.1 Å². The van der Waals surface area contributed by atoms with Crippen molar-refractivity contribution >= 4 is 0 Å². The van der Waals surface area contributed by atoms with Gasteiger partial charge in [0.15, 0.2) is 0 Å². The Bertz CT molecular complexity index is 235. The fourth-order valence-corrected chi connectivity index (χ4v) is 3.82.